The lowest BCUT2D eigenvalue weighted by Crippen LogP contribution is -2.30. The van der Waals surface area contributed by atoms with E-state index in [0.717, 1.165) is 21.8 Å². The number of halogens is 1. The number of carbonyl (C=O) groups excluding carboxylic acids is 2. The van der Waals surface area contributed by atoms with Gasteiger partial charge in [-0.25, -0.2) is 4.39 Å². The zero-order valence-electron chi connectivity index (χ0n) is 20.5. The van der Waals surface area contributed by atoms with Gasteiger partial charge in [-0.05, 0) is 41.0 Å². The minimum absolute atomic E-state index is 0.103. The predicted octanol–water partition coefficient (Wildman–Crippen LogP) is 6.06. The third kappa shape index (κ3) is 5.53. The first-order valence-corrected chi connectivity index (χ1v) is 13.6. The number of anilines is 1. The quantitative estimate of drug-likeness (QED) is 0.0840. The number of nitro benzene ring substituents is 1. The Kier molecular flexibility index (Phi) is 7.80. The van der Waals surface area contributed by atoms with E-state index >= 15 is 0 Å². The van der Waals surface area contributed by atoms with E-state index in [1.807, 2.05) is 6.07 Å². The molecule has 200 valence electrons. The summed E-state index contributed by atoms with van der Waals surface area (Å²) in [6.07, 6.45) is 2.82. The predicted molar refractivity (Wildman–Crippen MR) is 149 cm³/mol. The molecular weight excluding hydrogens is 555 g/mol. The highest BCUT2D eigenvalue weighted by molar-refractivity contribution is 8.00. The lowest BCUT2D eigenvalue weighted by molar-refractivity contribution is -0.384. The summed E-state index contributed by atoms with van der Waals surface area (Å²) in [6, 6.07) is 19.6. The van der Waals surface area contributed by atoms with Gasteiger partial charge in [0.05, 0.1) is 16.5 Å². The molecule has 1 aliphatic heterocycles. The van der Waals surface area contributed by atoms with Crippen molar-refractivity contribution in [2.75, 3.05) is 4.90 Å². The normalized spacial score (nSPS) is 15.3. The molecule has 1 aromatic heterocycles. The maximum Gasteiger partial charge on any atom is 0.296 e. The van der Waals surface area contributed by atoms with Crippen molar-refractivity contribution in [2.24, 2.45) is 0 Å². The first kappa shape index (κ1) is 26.9. The lowest BCUT2D eigenvalue weighted by Gasteiger charge is -2.23. The third-order valence-electron chi connectivity index (χ3n) is 6.03. The molecule has 5 rings (SSSR count). The molecule has 0 saturated carbocycles. The number of rotatable bonds is 9. The second kappa shape index (κ2) is 11.6. The summed E-state index contributed by atoms with van der Waals surface area (Å²) in [5, 5.41) is 30.4. The van der Waals surface area contributed by atoms with E-state index in [0.29, 0.717) is 15.5 Å². The molecule has 2 heterocycles. The standard InChI is InChI=1S/C28H19FN4O5S2/c29-21-9-5-4-8-19(21)16-39-28-31-30-27(40-28)32-24(18-11-13-20(14-12-18)33(37)38)23(25(35)26(32)36)22(34)15-10-17-6-2-1-3-7-17/h1-15,24,35H,16H2/b15-10+. The van der Waals surface area contributed by atoms with E-state index in [2.05, 4.69) is 10.2 Å². The number of hydrogen-bond acceptors (Lipinski definition) is 9. The number of ketones is 1. The van der Waals surface area contributed by atoms with Gasteiger partial charge in [-0.2, -0.15) is 0 Å². The number of non-ortho nitro benzene ring substituents is 1. The van der Waals surface area contributed by atoms with E-state index in [1.165, 1.54) is 48.2 Å². The lowest BCUT2D eigenvalue weighted by atomic mass is 9.95. The molecule has 1 amide bonds. The number of benzene rings is 3. The van der Waals surface area contributed by atoms with Crippen LogP contribution in [0.2, 0.25) is 0 Å². The van der Waals surface area contributed by atoms with Crippen LogP contribution in [0.5, 0.6) is 0 Å². The van der Waals surface area contributed by atoms with Crippen molar-refractivity contribution in [3.8, 4) is 0 Å². The average molecular weight is 575 g/mol. The SMILES string of the molecule is O=C(/C=C/c1ccccc1)C1=C(O)C(=O)N(c2nnc(SCc3ccccc3F)s2)C1c1ccc([N+](=O)[O-])cc1. The highest BCUT2D eigenvalue weighted by Gasteiger charge is 2.45. The summed E-state index contributed by atoms with van der Waals surface area (Å²) < 4.78 is 14.5. The molecule has 1 atom stereocenters. The Morgan fingerprint density at radius 2 is 1.77 bits per heavy atom. The molecular formula is C28H19FN4O5S2. The Hall–Kier alpha value is -4.68. The minimum atomic E-state index is -1.11. The largest absolute Gasteiger partial charge is 0.503 e. The minimum Gasteiger partial charge on any atom is -0.503 e. The molecule has 0 radical (unpaired) electrons. The summed E-state index contributed by atoms with van der Waals surface area (Å²) in [5.74, 6) is -2.30. The van der Waals surface area contributed by atoms with Gasteiger partial charge in [-0.15, -0.1) is 10.2 Å². The molecule has 0 fully saturated rings. The fourth-order valence-electron chi connectivity index (χ4n) is 4.09. The van der Waals surface area contributed by atoms with Crippen LogP contribution in [0.1, 0.15) is 22.7 Å². The molecule has 1 N–H and O–H groups in total. The molecule has 1 unspecified atom stereocenters. The van der Waals surface area contributed by atoms with Crippen LogP contribution in [0.25, 0.3) is 6.08 Å². The summed E-state index contributed by atoms with van der Waals surface area (Å²) in [5.41, 5.74) is 1.21. The van der Waals surface area contributed by atoms with Crippen molar-refractivity contribution >= 4 is 51.7 Å². The smallest absolute Gasteiger partial charge is 0.296 e. The Morgan fingerprint density at radius 3 is 2.48 bits per heavy atom. The van der Waals surface area contributed by atoms with Crippen molar-refractivity contribution < 1.29 is 24.0 Å². The van der Waals surface area contributed by atoms with Crippen molar-refractivity contribution in [3.05, 3.63) is 129 Å². The molecule has 12 heteroatoms. The number of nitro groups is 1. The Balaban J connectivity index is 1.48. The van der Waals surface area contributed by atoms with Crippen LogP contribution < -0.4 is 4.90 Å². The van der Waals surface area contributed by atoms with Gasteiger partial charge < -0.3 is 5.11 Å². The number of aliphatic hydroxyl groups excluding tert-OH is 1. The van der Waals surface area contributed by atoms with Gasteiger partial charge in [0.2, 0.25) is 5.13 Å². The van der Waals surface area contributed by atoms with Crippen molar-refractivity contribution in [2.45, 2.75) is 16.1 Å². The van der Waals surface area contributed by atoms with Gasteiger partial charge >= 0.3 is 0 Å². The topological polar surface area (TPSA) is 127 Å². The summed E-state index contributed by atoms with van der Waals surface area (Å²) in [4.78, 5) is 38.4. The number of aromatic nitrogens is 2. The first-order valence-electron chi connectivity index (χ1n) is 11.8. The molecule has 4 aromatic rings. The van der Waals surface area contributed by atoms with E-state index in [1.54, 1.807) is 48.5 Å². The molecule has 0 spiro atoms. The summed E-state index contributed by atoms with van der Waals surface area (Å²) >= 11 is 2.26. The van der Waals surface area contributed by atoms with Crippen LogP contribution >= 0.6 is 23.1 Å². The monoisotopic (exact) mass is 574 g/mol. The second-order valence-corrected chi connectivity index (χ2v) is 10.7. The molecule has 0 saturated heterocycles. The highest BCUT2D eigenvalue weighted by atomic mass is 32.2. The molecule has 0 aliphatic carbocycles. The number of amides is 1. The molecule has 1 aliphatic rings. The zero-order chi connectivity index (χ0) is 28.2. The number of thioether (sulfide) groups is 1. The van der Waals surface area contributed by atoms with Crippen LogP contribution in [-0.4, -0.2) is 31.9 Å². The molecule has 9 nitrogen and oxygen atoms in total. The van der Waals surface area contributed by atoms with Gasteiger partial charge in [0, 0.05) is 17.9 Å². The zero-order valence-corrected chi connectivity index (χ0v) is 22.1. The van der Waals surface area contributed by atoms with Crippen LogP contribution in [0.4, 0.5) is 15.2 Å². The maximum atomic E-state index is 14.0. The van der Waals surface area contributed by atoms with Gasteiger partial charge in [-0.3, -0.25) is 24.6 Å². The highest BCUT2D eigenvalue weighted by Crippen LogP contribution is 2.43. The first-order chi connectivity index (χ1) is 19.3. The Morgan fingerprint density at radius 1 is 1.07 bits per heavy atom. The molecule has 3 aromatic carbocycles. The van der Waals surface area contributed by atoms with Crippen LogP contribution in [0.15, 0.2) is 101 Å². The third-order valence-corrected chi connectivity index (χ3v) is 8.14. The fourth-order valence-corrected chi connectivity index (χ4v) is 5.94. The van der Waals surface area contributed by atoms with Crippen LogP contribution in [0.3, 0.4) is 0 Å². The van der Waals surface area contributed by atoms with Crippen LogP contribution in [-0.2, 0) is 15.3 Å². The van der Waals surface area contributed by atoms with E-state index in [4.69, 9.17) is 0 Å². The van der Waals surface area contributed by atoms with E-state index in [-0.39, 0.29) is 28.0 Å². The van der Waals surface area contributed by atoms with Gasteiger partial charge in [0.15, 0.2) is 15.9 Å². The fraction of sp³-hybridized carbons (Fsp3) is 0.0714. The van der Waals surface area contributed by atoms with E-state index < -0.39 is 28.4 Å². The number of hydrogen-bond donors (Lipinski definition) is 1. The van der Waals surface area contributed by atoms with Gasteiger partial charge in [0.25, 0.3) is 11.6 Å². The molecule has 0 bridgehead atoms. The summed E-state index contributed by atoms with van der Waals surface area (Å²) in [7, 11) is 0. The van der Waals surface area contributed by atoms with Crippen molar-refractivity contribution in [1.29, 1.82) is 0 Å². The van der Waals surface area contributed by atoms with E-state index in [9.17, 15) is 29.2 Å². The maximum absolute atomic E-state index is 14.0. The number of aliphatic hydroxyl groups is 1. The summed E-state index contributed by atoms with van der Waals surface area (Å²) in [6.45, 7) is 0. The van der Waals surface area contributed by atoms with Crippen molar-refractivity contribution in [1.82, 2.24) is 10.2 Å². The average Bonchev–Trinajstić information content (AvgIpc) is 3.53. The number of carbonyl (C=O) groups is 2. The Labute approximate surface area is 235 Å². The Bertz CT molecular complexity index is 1650. The van der Waals surface area contributed by atoms with Crippen LogP contribution in [0, 0.1) is 15.9 Å². The van der Waals surface area contributed by atoms with Crippen molar-refractivity contribution in [3.63, 3.8) is 0 Å². The number of allylic oxidation sites excluding steroid dienone is 1. The number of nitrogens with zero attached hydrogens (tertiary/aromatic N) is 4. The van der Waals surface area contributed by atoms with Gasteiger partial charge in [0.1, 0.15) is 5.82 Å². The van der Waals surface area contributed by atoms with Gasteiger partial charge in [-0.1, -0.05) is 77.7 Å². The second-order valence-electron chi connectivity index (χ2n) is 8.53. The molecule has 40 heavy (non-hydrogen) atoms.